The first-order chi connectivity index (χ1) is 8.61. The third-order valence-electron chi connectivity index (χ3n) is 2.11. The molecule has 0 aliphatic carbocycles. The molecule has 9 nitrogen and oxygen atoms in total. The van der Waals surface area contributed by atoms with Gasteiger partial charge in [-0.05, 0) is 0 Å². The second-order valence-electron chi connectivity index (χ2n) is 3.28. The van der Waals surface area contributed by atoms with Gasteiger partial charge in [-0.25, -0.2) is 19.7 Å². The van der Waals surface area contributed by atoms with Crippen LogP contribution in [0, 0.1) is 0 Å². The predicted octanol–water partition coefficient (Wildman–Crippen LogP) is 0.0892. The van der Waals surface area contributed by atoms with Crippen LogP contribution in [0.1, 0.15) is 0 Å². The zero-order chi connectivity index (χ0) is 13.1. The SMILES string of the molecule is COC(=O)Nc1ncnc2c1ncn2CC(=O)O. The fraction of sp³-hybridized carbons (Fsp3) is 0.222. The van der Waals surface area contributed by atoms with Crippen molar-refractivity contribution in [1.29, 1.82) is 0 Å². The third-order valence-corrected chi connectivity index (χ3v) is 2.11. The van der Waals surface area contributed by atoms with Crippen molar-refractivity contribution in [3.63, 3.8) is 0 Å². The van der Waals surface area contributed by atoms with Gasteiger partial charge in [0.15, 0.2) is 17.0 Å². The van der Waals surface area contributed by atoms with Gasteiger partial charge in [-0.1, -0.05) is 0 Å². The van der Waals surface area contributed by atoms with Crippen LogP contribution in [-0.2, 0) is 16.1 Å². The van der Waals surface area contributed by atoms with E-state index in [9.17, 15) is 9.59 Å². The second-order valence-corrected chi connectivity index (χ2v) is 3.28. The Labute approximate surface area is 100 Å². The van der Waals surface area contributed by atoms with Crippen molar-refractivity contribution in [3.8, 4) is 0 Å². The molecule has 0 fully saturated rings. The molecular weight excluding hydrogens is 242 g/mol. The quantitative estimate of drug-likeness (QED) is 0.793. The van der Waals surface area contributed by atoms with E-state index in [4.69, 9.17) is 5.11 Å². The van der Waals surface area contributed by atoms with E-state index in [1.54, 1.807) is 0 Å². The van der Waals surface area contributed by atoms with Crippen molar-refractivity contribution in [2.75, 3.05) is 12.4 Å². The Hall–Kier alpha value is -2.71. The van der Waals surface area contributed by atoms with Gasteiger partial charge < -0.3 is 14.4 Å². The molecule has 18 heavy (non-hydrogen) atoms. The highest BCUT2D eigenvalue weighted by molar-refractivity contribution is 5.93. The largest absolute Gasteiger partial charge is 0.480 e. The monoisotopic (exact) mass is 251 g/mol. The highest BCUT2D eigenvalue weighted by Crippen LogP contribution is 2.17. The molecule has 0 atom stereocenters. The number of fused-ring (bicyclic) bond motifs is 1. The number of carboxylic acids is 1. The van der Waals surface area contributed by atoms with Crippen LogP contribution in [0.3, 0.4) is 0 Å². The normalized spacial score (nSPS) is 10.3. The molecule has 0 aliphatic rings. The maximum atomic E-state index is 11.1. The van der Waals surface area contributed by atoms with E-state index in [-0.39, 0.29) is 12.4 Å². The van der Waals surface area contributed by atoms with Gasteiger partial charge in [0.1, 0.15) is 12.9 Å². The summed E-state index contributed by atoms with van der Waals surface area (Å²) in [5.41, 5.74) is 0.614. The van der Waals surface area contributed by atoms with E-state index in [0.717, 1.165) is 0 Å². The molecule has 0 radical (unpaired) electrons. The highest BCUT2D eigenvalue weighted by Gasteiger charge is 2.13. The van der Waals surface area contributed by atoms with Crippen LogP contribution in [0.25, 0.3) is 11.2 Å². The van der Waals surface area contributed by atoms with Crippen LogP contribution in [0.2, 0.25) is 0 Å². The molecule has 2 aromatic rings. The van der Waals surface area contributed by atoms with Crippen LogP contribution < -0.4 is 5.32 Å². The number of imidazole rings is 1. The zero-order valence-electron chi connectivity index (χ0n) is 9.32. The number of aromatic nitrogens is 4. The molecule has 2 aromatic heterocycles. The van der Waals surface area contributed by atoms with Crippen molar-refractivity contribution >= 4 is 29.0 Å². The summed E-state index contributed by atoms with van der Waals surface area (Å²) in [6.45, 7) is -0.273. The molecule has 94 valence electrons. The Morgan fingerprint density at radius 1 is 1.44 bits per heavy atom. The summed E-state index contributed by atoms with van der Waals surface area (Å²) in [6, 6.07) is 0. The summed E-state index contributed by atoms with van der Waals surface area (Å²) in [4.78, 5) is 33.5. The van der Waals surface area contributed by atoms with Crippen molar-refractivity contribution in [1.82, 2.24) is 19.5 Å². The fourth-order valence-corrected chi connectivity index (χ4v) is 1.38. The standard InChI is InChI=1S/C9H9N5O4/c1-18-9(17)13-7-6-8(11-3-10-7)14(4-12-6)2-5(15)16/h3-4H,2H2,1H3,(H,15,16)(H,10,11,13,17). The first-order valence-corrected chi connectivity index (χ1v) is 4.84. The number of methoxy groups -OCH3 is 1. The van der Waals surface area contributed by atoms with Gasteiger partial charge in [-0.2, -0.15) is 0 Å². The number of anilines is 1. The summed E-state index contributed by atoms with van der Waals surface area (Å²) in [7, 11) is 1.22. The van der Waals surface area contributed by atoms with Gasteiger partial charge in [-0.3, -0.25) is 10.1 Å². The summed E-state index contributed by atoms with van der Waals surface area (Å²) in [5.74, 6) is -0.855. The number of carbonyl (C=O) groups excluding carboxylic acids is 1. The van der Waals surface area contributed by atoms with E-state index in [0.29, 0.717) is 11.2 Å². The van der Waals surface area contributed by atoms with E-state index in [1.165, 1.54) is 24.3 Å². The number of amides is 1. The van der Waals surface area contributed by atoms with Crippen LogP contribution in [0.15, 0.2) is 12.7 Å². The molecule has 0 unspecified atom stereocenters. The zero-order valence-corrected chi connectivity index (χ0v) is 9.32. The lowest BCUT2D eigenvalue weighted by molar-refractivity contribution is -0.137. The number of hydrogen-bond acceptors (Lipinski definition) is 6. The first kappa shape index (κ1) is 11.8. The molecule has 2 N–H and O–H groups in total. The molecule has 0 aromatic carbocycles. The van der Waals surface area contributed by atoms with Crippen molar-refractivity contribution in [3.05, 3.63) is 12.7 Å². The molecule has 0 aliphatic heterocycles. The van der Waals surface area contributed by atoms with Gasteiger partial charge in [0.25, 0.3) is 0 Å². The Bertz CT molecular complexity index is 608. The lowest BCUT2D eigenvalue weighted by Crippen LogP contribution is -2.13. The van der Waals surface area contributed by atoms with Gasteiger partial charge in [0.05, 0.1) is 13.4 Å². The van der Waals surface area contributed by atoms with Crippen LogP contribution in [0.4, 0.5) is 10.6 Å². The lowest BCUT2D eigenvalue weighted by Gasteiger charge is -2.03. The molecule has 2 rings (SSSR count). The summed E-state index contributed by atoms with van der Waals surface area (Å²) < 4.78 is 5.77. The van der Waals surface area contributed by atoms with E-state index in [1.807, 2.05) is 0 Å². The van der Waals surface area contributed by atoms with E-state index in [2.05, 4.69) is 25.0 Å². The van der Waals surface area contributed by atoms with Crippen LogP contribution in [0.5, 0.6) is 0 Å². The minimum Gasteiger partial charge on any atom is -0.480 e. The minimum atomic E-state index is -1.02. The van der Waals surface area contributed by atoms with Gasteiger partial charge in [0.2, 0.25) is 0 Å². The Balaban J connectivity index is 2.42. The highest BCUT2D eigenvalue weighted by atomic mass is 16.5. The number of carboxylic acid groups (broad SMARTS) is 1. The summed E-state index contributed by atoms with van der Waals surface area (Å²) in [5, 5.41) is 11.1. The number of rotatable bonds is 3. The van der Waals surface area contributed by atoms with E-state index < -0.39 is 12.1 Å². The molecule has 0 spiro atoms. The predicted molar refractivity (Wildman–Crippen MR) is 59.0 cm³/mol. The fourth-order valence-electron chi connectivity index (χ4n) is 1.38. The minimum absolute atomic E-state index is 0.163. The van der Waals surface area contributed by atoms with Crippen molar-refractivity contribution in [2.45, 2.75) is 6.54 Å². The molecule has 9 heteroatoms. The Kier molecular flexibility index (Phi) is 3.04. The molecule has 0 saturated carbocycles. The summed E-state index contributed by atoms with van der Waals surface area (Å²) in [6.07, 6.45) is 1.83. The first-order valence-electron chi connectivity index (χ1n) is 4.84. The molecule has 1 amide bonds. The van der Waals surface area contributed by atoms with Gasteiger partial charge in [-0.15, -0.1) is 0 Å². The number of ether oxygens (including phenoxy) is 1. The average Bonchev–Trinajstić information content (AvgIpc) is 2.73. The topological polar surface area (TPSA) is 119 Å². The third kappa shape index (κ3) is 2.19. The maximum Gasteiger partial charge on any atom is 0.412 e. The van der Waals surface area contributed by atoms with Crippen molar-refractivity contribution < 1.29 is 19.4 Å². The Morgan fingerprint density at radius 2 is 2.22 bits per heavy atom. The average molecular weight is 251 g/mol. The number of carbonyl (C=O) groups is 2. The van der Waals surface area contributed by atoms with Crippen molar-refractivity contribution in [2.24, 2.45) is 0 Å². The molecular formula is C9H9N5O4. The van der Waals surface area contributed by atoms with Gasteiger partial charge in [0, 0.05) is 0 Å². The van der Waals surface area contributed by atoms with Crippen LogP contribution >= 0.6 is 0 Å². The number of nitrogens with one attached hydrogen (secondary N) is 1. The maximum absolute atomic E-state index is 11.1. The van der Waals surface area contributed by atoms with Crippen LogP contribution in [-0.4, -0.2) is 43.8 Å². The van der Waals surface area contributed by atoms with E-state index >= 15 is 0 Å². The Morgan fingerprint density at radius 3 is 2.89 bits per heavy atom. The number of hydrogen-bond donors (Lipinski definition) is 2. The summed E-state index contributed by atoms with van der Waals surface area (Å²) >= 11 is 0. The smallest absolute Gasteiger partial charge is 0.412 e. The molecule has 0 saturated heterocycles. The molecule has 2 heterocycles. The number of nitrogens with zero attached hydrogens (tertiary/aromatic N) is 4. The second kappa shape index (κ2) is 4.65. The lowest BCUT2D eigenvalue weighted by atomic mass is 10.5. The molecule has 0 bridgehead atoms. The number of aliphatic carboxylic acids is 1. The van der Waals surface area contributed by atoms with Gasteiger partial charge >= 0.3 is 12.1 Å².